The number of rotatable bonds is 5. The van der Waals surface area contributed by atoms with Crippen LogP contribution in [0.3, 0.4) is 0 Å². The summed E-state index contributed by atoms with van der Waals surface area (Å²) in [4.78, 5) is 28.5. The van der Waals surface area contributed by atoms with Gasteiger partial charge in [0, 0.05) is 24.0 Å². The molecule has 7 heteroatoms. The number of aromatic nitrogens is 2. The molecule has 2 heterocycles. The molecule has 3 aromatic rings. The first kappa shape index (κ1) is 16.2. The number of carbonyl (C=O) groups is 2. The molecule has 124 valence electrons. The zero-order chi connectivity index (χ0) is 17.3. The van der Waals surface area contributed by atoms with Crippen molar-refractivity contribution in [2.45, 2.75) is 20.4 Å². The minimum Gasteiger partial charge on any atom is -0.497 e. The number of aryl methyl sites for hydroxylation is 1. The first-order chi connectivity index (χ1) is 11.5. The maximum Gasteiger partial charge on any atom is 0.246 e. The Morgan fingerprint density at radius 2 is 2.12 bits per heavy atom. The van der Waals surface area contributed by atoms with Crippen molar-refractivity contribution in [3.05, 3.63) is 41.0 Å². The van der Waals surface area contributed by atoms with Crippen LogP contribution in [0.15, 0.2) is 30.5 Å². The summed E-state index contributed by atoms with van der Waals surface area (Å²) in [5.41, 5.74) is 1.59. The molecule has 1 N–H and O–H groups in total. The number of thiazole rings is 1. The summed E-state index contributed by atoms with van der Waals surface area (Å²) < 4.78 is 7.06. The summed E-state index contributed by atoms with van der Waals surface area (Å²) in [6, 6.07) is 7.64. The number of Topliss-reactive ketones (excluding diaryl/α,β-unsaturated/α-hetero) is 1. The predicted octanol–water partition coefficient (Wildman–Crippen LogP) is 3.26. The zero-order valence-electron chi connectivity index (χ0n) is 13.6. The van der Waals surface area contributed by atoms with Crippen LogP contribution >= 0.6 is 11.3 Å². The van der Waals surface area contributed by atoms with Crippen molar-refractivity contribution in [2.24, 2.45) is 0 Å². The van der Waals surface area contributed by atoms with Crippen molar-refractivity contribution in [1.29, 1.82) is 0 Å². The van der Waals surface area contributed by atoms with E-state index in [2.05, 4.69) is 10.3 Å². The molecule has 1 aromatic carbocycles. The van der Waals surface area contributed by atoms with Gasteiger partial charge in [0.1, 0.15) is 12.3 Å². The quantitative estimate of drug-likeness (QED) is 0.722. The monoisotopic (exact) mass is 343 g/mol. The van der Waals surface area contributed by atoms with E-state index in [1.807, 2.05) is 35.0 Å². The molecule has 1 amide bonds. The average molecular weight is 343 g/mol. The number of hydrogen-bond donors (Lipinski definition) is 1. The van der Waals surface area contributed by atoms with Gasteiger partial charge >= 0.3 is 0 Å². The van der Waals surface area contributed by atoms with Gasteiger partial charge in [-0.3, -0.25) is 9.59 Å². The number of ether oxygens (including phenoxy) is 1. The van der Waals surface area contributed by atoms with E-state index in [0.29, 0.717) is 15.7 Å². The third-order valence-electron chi connectivity index (χ3n) is 3.65. The number of benzene rings is 1. The van der Waals surface area contributed by atoms with E-state index >= 15 is 0 Å². The molecule has 0 unspecified atom stereocenters. The van der Waals surface area contributed by atoms with Crippen LogP contribution in [-0.2, 0) is 11.3 Å². The molecule has 3 rings (SSSR count). The Morgan fingerprint density at radius 3 is 2.79 bits per heavy atom. The first-order valence-electron chi connectivity index (χ1n) is 7.39. The Kier molecular flexibility index (Phi) is 4.35. The van der Waals surface area contributed by atoms with Crippen LogP contribution in [0.5, 0.6) is 5.75 Å². The smallest absolute Gasteiger partial charge is 0.246 e. The molecule has 0 saturated heterocycles. The number of nitrogens with zero attached hydrogens (tertiary/aromatic N) is 2. The zero-order valence-corrected chi connectivity index (χ0v) is 14.4. The van der Waals surface area contributed by atoms with Crippen LogP contribution in [0.1, 0.15) is 22.3 Å². The third-order valence-corrected chi connectivity index (χ3v) is 4.83. The highest BCUT2D eigenvalue weighted by molar-refractivity contribution is 7.17. The molecular weight excluding hydrogens is 326 g/mol. The molecule has 0 fully saturated rings. The van der Waals surface area contributed by atoms with Crippen molar-refractivity contribution in [2.75, 3.05) is 12.4 Å². The number of carbonyl (C=O) groups excluding carboxylic acids is 2. The summed E-state index contributed by atoms with van der Waals surface area (Å²) in [5, 5.41) is 4.21. The summed E-state index contributed by atoms with van der Waals surface area (Å²) in [6.07, 6.45) is 1.86. The van der Waals surface area contributed by atoms with Crippen LogP contribution < -0.4 is 10.1 Å². The summed E-state index contributed by atoms with van der Waals surface area (Å²) in [6.45, 7) is 3.42. The van der Waals surface area contributed by atoms with E-state index in [1.54, 1.807) is 14.0 Å². The van der Waals surface area contributed by atoms with Gasteiger partial charge in [0.15, 0.2) is 10.9 Å². The summed E-state index contributed by atoms with van der Waals surface area (Å²) in [5.74, 6) is 0.544. The minimum absolute atomic E-state index is 0.0455. The topological polar surface area (TPSA) is 73.2 Å². The predicted molar refractivity (Wildman–Crippen MR) is 94.0 cm³/mol. The fourth-order valence-corrected chi connectivity index (χ4v) is 3.41. The van der Waals surface area contributed by atoms with Gasteiger partial charge in [-0.05, 0) is 31.2 Å². The second-order valence-electron chi connectivity index (χ2n) is 5.41. The summed E-state index contributed by atoms with van der Waals surface area (Å²) >= 11 is 1.20. The highest BCUT2D eigenvalue weighted by Crippen LogP contribution is 2.24. The Labute approximate surface area is 143 Å². The van der Waals surface area contributed by atoms with Crippen molar-refractivity contribution >= 4 is 39.1 Å². The van der Waals surface area contributed by atoms with Gasteiger partial charge < -0.3 is 14.6 Å². The average Bonchev–Trinajstić information content (AvgIpc) is 3.10. The van der Waals surface area contributed by atoms with Gasteiger partial charge in [0.2, 0.25) is 5.91 Å². The second-order valence-corrected chi connectivity index (χ2v) is 6.41. The highest BCUT2D eigenvalue weighted by atomic mass is 32.1. The molecule has 0 spiro atoms. The van der Waals surface area contributed by atoms with E-state index in [-0.39, 0.29) is 18.2 Å². The number of anilines is 1. The van der Waals surface area contributed by atoms with Gasteiger partial charge in [-0.2, -0.15) is 0 Å². The first-order valence-corrected chi connectivity index (χ1v) is 8.20. The van der Waals surface area contributed by atoms with Crippen LogP contribution in [0, 0.1) is 6.92 Å². The van der Waals surface area contributed by atoms with Crippen LogP contribution in [0.25, 0.3) is 10.9 Å². The van der Waals surface area contributed by atoms with E-state index in [1.165, 1.54) is 18.3 Å². The van der Waals surface area contributed by atoms with Gasteiger partial charge in [-0.1, -0.05) is 11.3 Å². The minimum atomic E-state index is -0.188. The normalized spacial score (nSPS) is 10.8. The molecular formula is C17H17N3O3S. The molecule has 24 heavy (non-hydrogen) atoms. The standard InChI is InChI=1S/C17H17N3O3S/c1-10-16(11(2)21)24-17(18-10)19-15(22)9-20-7-6-12-8-13(23-3)4-5-14(12)20/h4-8H,9H2,1-3H3,(H,18,19,22). The lowest BCUT2D eigenvalue weighted by Gasteiger charge is -2.06. The molecule has 0 aliphatic rings. The van der Waals surface area contributed by atoms with E-state index in [0.717, 1.165) is 16.7 Å². The SMILES string of the molecule is COc1ccc2c(ccn2CC(=O)Nc2nc(C)c(C(C)=O)s2)c1. The Hall–Kier alpha value is -2.67. The fourth-order valence-electron chi connectivity index (χ4n) is 2.53. The number of nitrogens with one attached hydrogen (secondary N) is 1. The molecule has 0 bridgehead atoms. The lowest BCUT2D eigenvalue weighted by atomic mass is 10.2. The van der Waals surface area contributed by atoms with Gasteiger partial charge in [0.25, 0.3) is 0 Å². The maximum atomic E-state index is 12.3. The lowest BCUT2D eigenvalue weighted by molar-refractivity contribution is -0.116. The van der Waals surface area contributed by atoms with Gasteiger partial charge in [0.05, 0.1) is 17.7 Å². The highest BCUT2D eigenvalue weighted by Gasteiger charge is 2.14. The molecule has 6 nitrogen and oxygen atoms in total. The largest absolute Gasteiger partial charge is 0.497 e. The molecule has 0 atom stereocenters. The number of fused-ring (bicyclic) bond motifs is 1. The molecule has 0 saturated carbocycles. The Bertz CT molecular complexity index is 926. The van der Waals surface area contributed by atoms with Crippen LogP contribution in [0.4, 0.5) is 5.13 Å². The Balaban J connectivity index is 1.75. The van der Waals surface area contributed by atoms with Crippen molar-refractivity contribution in [1.82, 2.24) is 9.55 Å². The fraction of sp³-hybridized carbons (Fsp3) is 0.235. The van der Waals surface area contributed by atoms with E-state index < -0.39 is 0 Å². The lowest BCUT2D eigenvalue weighted by Crippen LogP contribution is -2.18. The van der Waals surface area contributed by atoms with Crippen LogP contribution in [-0.4, -0.2) is 28.4 Å². The molecule has 2 aromatic heterocycles. The summed E-state index contributed by atoms with van der Waals surface area (Å²) in [7, 11) is 1.62. The van der Waals surface area contributed by atoms with Gasteiger partial charge in [-0.15, -0.1) is 0 Å². The maximum absolute atomic E-state index is 12.3. The Morgan fingerprint density at radius 1 is 1.33 bits per heavy atom. The molecule has 0 aliphatic carbocycles. The van der Waals surface area contributed by atoms with Gasteiger partial charge in [-0.25, -0.2) is 4.98 Å². The molecule has 0 aliphatic heterocycles. The number of hydrogen-bond acceptors (Lipinski definition) is 5. The number of methoxy groups -OCH3 is 1. The van der Waals surface area contributed by atoms with E-state index in [4.69, 9.17) is 4.74 Å². The second kappa shape index (κ2) is 6.45. The number of amides is 1. The van der Waals surface area contributed by atoms with Crippen molar-refractivity contribution < 1.29 is 14.3 Å². The third kappa shape index (κ3) is 3.16. The number of ketones is 1. The van der Waals surface area contributed by atoms with E-state index in [9.17, 15) is 9.59 Å². The van der Waals surface area contributed by atoms with Crippen molar-refractivity contribution in [3.8, 4) is 5.75 Å². The van der Waals surface area contributed by atoms with Crippen LogP contribution in [0.2, 0.25) is 0 Å². The van der Waals surface area contributed by atoms with Crippen molar-refractivity contribution in [3.63, 3.8) is 0 Å². The molecule has 0 radical (unpaired) electrons.